The van der Waals surface area contributed by atoms with Crippen LogP contribution in [0.15, 0.2) is 60.7 Å². The molecule has 140 valence electrons. The van der Waals surface area contributed by atoms with Gasteiger partial charge in [0.2, 0.25) is 0 Å². The zero-order valence-corrected chi connectivity index (χ0v) is 16.4. The minimum atomic E-state index is -0.546. The van der Waals surface area contributed by atoms with Gasteiger partial charge in [-0.25, -0.2) is 0 Å². The zero-order valence-electron chi connectivity index (χ0n) is 14.9. The molecule has 0 bridgehead atoms. The maximum absolute atomic E-state index is 12.5. The highest BCUT2D eigenvalue weighted by Crippen LogP contribution is 2.36. The van der Waals surface area contributed by atoms with Crippen LogP contribution in [0.2, 0.25) is 10.0 Å². The number of carbonyl (C=O) groups is 2. The van der Waals surface area contributed by atoms with Crippen LogP contribution in [0.1, 0.15) is 27.0 Å². The zero-order chi connectivity index (χ0) is 19.7. The summed E-state index contributed by atoms with van der Waals surface area (Å²) in [4.78, 5) is 24.6. The summed E-state index contributed by atoms with van der Waals surface area (Å²) in [7, 11) is 0. The summed E-state index contributed by atoms with van der Waals surface area (Å²) in [5.41, 5.74) is 5.69. The molecule has 28 heavy (non-hydrogen) atoms. The molecular weight excluding hydrogens is 395 g/mol. The Labute approximate surface area is 172 Å². The molecule has 3 aromatic carbocycles. The van der Waals surface area contributed by atoms with Crippen LogP contribution in [0.4, 0.5) is 0 Å². The van der Waals surface area contributed by atoms with E-state index in [0.717, 1.165) is 17.5 Å². The van der Waals surface area contributed by atoms with Gasteiger partial charge in [-0.05, 0) is 46.9 Å². The van der Waals surface area contributed by atoms with Gasteiger partial charge in [-0.2, -0.15) is 0 Å². The second-order valence-corrected chi connectivity index (χ2v) is 7.48. The van der Waals surface area contributed by atoms with Crippen LogP contribution in [0.25, 0.3) is 11.1 Å². The van der Waals surface area contributed by atoms with Crippen LogP contribution < -0.4 is 0 Å². The molecule has 3 nitrogen and oxygen atoms in total. The molecule has 3 aromatic rings. The lowest BCUT2D eigenvalue weighted by Gasteiger charge is -2.08. The smallest absolute Gasteiger partial charge is 0.310 e. The molecule has 0 N–H and O–H groups in total. The van der Waals surface area contributed by atoms with Crippen LogP contribution in [-0.4, -0.2) is 18.4 Å². The van der Waals surface area contributed by atoms with Crippen molar-refractivity contribution < 1.29 is 14.3 Å². The van der Waals surface area contributed by atoms with E-state index in [4.69, 9.17) is 27.9 Å². The van der Waals surface area contributed by atoms with Crippen LogP contribution in [0, 0.1) is 0 Å². The maximum Gasteiger partial charge on any atom is 0.310 e. The first-order chi connectivity index (χ1) is 13.5. The van der Waals surface area contributed by atoms with Crippen molar-refractivity contribution in [3.8, 4) is 11.1 Å². The van der Waals surface area contributed by atoms with Crippen molar-refractivity contribution in [1.82, 2.24) is 0 Å². The summed E-state index contributed by atoms with van der Waals surface area (Å²) < 4.78 is 5.16. The van der Waals surface area contributed by atoms with E-state index in [0.29, 0.717) is 21.2 Å². The van der Waals surface area contributed by atoms with Crippen molar-refractivity contribution in [2.45, 2.75) is 12.8 Å². The van der Waals surface area contributed by atoms with Crippen LogP contribution in [0.5, 0.6) is 0 Å². The number of hydrogen-bond donors (Lipinski definition) is 0. The first-order valence-corrected chi connectivity index (χ1v) is 9.61. The van der Waals surface area contributed by atoms with Crippen molar-refractivity contribution in [3.63, 3.8) is 0 Å². The second kappa shape index (κ2) is 7.78. The minimum Gasteiger partial charge on any atom is -0.457 e. The fraction of sp³-hybridized carbons (Fsp3) is 0.130. The van der Waals surface area contributed by atoms with E-state index in [1.807, 2.05) is 24.3 Å². The second-order valence-electron chi connectivity index (χ2n) is 6.67. The Bertz CT molecular complexity index is 1070. The van der Waals surface area contributed by atoms with E-state index >= 15 is 0 Å². The third kappa shape index (κ3) is 3.68. The van der Waals surface area contributed by atoms with Crippen LogP contribution in [-0.2, 0) is 22.4 Å². The number of hydrogen-bond acceptors (Lipinski definition) is 3. The molecule has 0 radical (unpaired) electrons. The fourth-order valence-electron chi connectivity index (χ4n) is 3.42. The highest BCUT2D eigenvalue weighted by Gasteiger charge is 2.20. The molecule has 0 amide bonds. The Hall–Kier alpha value is -2.62. The Balaban J connectivity index is 1.43. The first kappa shape index (κ1) is 18.7. The Kier molecular flexibility index (Phi) is 5.21. The monoisotopic (exact) mass is 410 g/mol. The number of rotatable bonds is 5. The van der Waals surface area contributed by atoms with Gasteiger partial charge in [0.25, 0.3) is 0 Å². The lowest BCUT2D eigenvalue weighted by molar-refractivity contribution is -0.141. The molecular formula is C23H16Cl2O3. The maximum atomic E-state index is 12.5. The molecule has 4 rings (SSSR count). The lowest BCUT2D eigenvalue weighted by Crippen LogP contribution is -2.16. The molecule has 0 heterocycles. The van der Waals surface area contributed by atoms with E-state index in [9.17, 15) is 9.59 Å². The molecule has 0 saturated carbocycles. The standard InChI is InChI=1S/C23H16Cl2O3/c24-20-6-3-7-21(25)19(20)12-23(27)28-13-22(26)16-9-8-15-10-14-4-1-2-5-17(14)18(15)11-16/h1-9,11H,10,12-13H2. The van der Waals surface area contributed by atoms with Gasteiger partial charge in [0, 0.05) is 21.2 Å². The molecule has 0 aliphatic heterocycles. The van der Waals surface area contributed by atoms with Crippen LogP contribution in [0.3, 0.4) is 0 Å². The van der Waals surface area contributed by atoms with E-state index in [2.05, 4.69) is 12.1 Å². The molecule has 5 heteroatoms. The number of fused-ring (bicyclic) bond motifs is 3. The molecule has 0 aromatic heterocycles. The molecule has 0 fully saturated rings. The number of ketones is 1. The third-order valence-corrected chi connectivity index (χ3v) is 5.58. The van der Waals surface area contributed by atoms with Gasteiger partial charge in [-0.15, -0.1) is 0 Å². The molecule has 0 spiro atoms. The summed E-state index contributed by atoms with van der Waals surface area (Å²) >= 11 is 12.1. The summed E-state index contributed by atoms with van der Waals surface area (Å²) in [5.74, 6) is -0.791. The van der Waals surface area contributed by atoms with E-state index in [1.54, 1.807) is 24.3 Å². The van der Waals surface area contributed by atoms with Crippen molar-refractivity contribution in [3.05, 3.63) is 93.0 Å². The van der Waals surface area contributed by atoms with E-state index in [1.165, 1.54) is 11.1 Å². The van der Waals surface area contributed by atoms with Crippen LogP contribution >= 0.6 is 23.2 Å². The van der Waals surface area contributed by atoms with Crippen molar-refractivity contribution in [2.24, 2.45) is 0 Å². The van der Waals surface area contributed by atoms with E-state index in [-0.39, 0.29) is 18.8 Å². The summed E-state index contributed by atoms with van der Waals surface area (Å²) in [5, 5.41) is 0.793. The quantitative estimate of drug-likeness (QED) is 0.320. The number of ether oxygens (including phenoxy) is 1. The predicted molar refractivity (Wildman–Crippen MR) is 110 cm³/mol. The average molecular weight is 411 g/mol. The number of Topliss-reactive ketones (excluding diaryl/α,β-unsaturated/α-hetero) is 1. The minimum absolute atomic E-state index is 0.0800. The van der Waals surface area contributed by atoms with Gasteiger partial charge in [0.05, 0.1) is 6.42 Å². The molecule has 0 atom stereocenters. The Morgan fingerprint density at radius 3 is 2.36 bits per heavy atom. The number of carbonyl (C=O) groups excluding carboxylic acids is 2. The summed E-state index contributed by atoms with van der Waals surface area (Å²) in [6.45, 7) is -0.318. The number of halogens is 2. The fourth-order valence-corrected chi connectivity index (χ4v) is 3.95. The SMILES string of the molecule is O=C(Cc1c(Cl)cccc1Cl)OCC(=O)c1ccc2c(c1)-c1ccccc1C2. The topological polar surface area (TPSA) is 43.4 Å². The summed E-state index contributed by atoms with van der Waals surface area (Å²) in [6.07, 6.45) is 0.789. The van der Waals surface area contributed by atoms with E-state index < -0.39 is 5.97 Å². The van der Waals surface area contributed by atoms with Gasteiger partial charge < -0.3 is 4.74 Å². The summed E-state index contributed by atoms with van der Waals surface area (Å²) in [6, 6.07) is 18.8. The molecule has 0 saturated heterocycles. The van der Waals surface area contributed by atoms with Gasteiger partial charge in [-0.1, -0.05) is 65.7 Å². The Morgan fingerprint density at radius 1 is 0.857 bits per heavy atom. The largest absolute Gasteiger partial charge is 0.457 e. The van der Waals surface area contributed by atoms with Crippen molar-refractivity contribution >= 4 is 35.0 Å². The van der Waals surface area contributed by atoms with Crippen molar-refractivity contribution in [1.29, 1.82) is 0 Å². The highest BCUT2D eigenvalue weighted by molar-refractivity contribution is 6.36. The predicted octanol–water partition coefficient (Wildman–Crippen LogP) is 5.53. The van der Waals surface area contributed by atoms with Gasteiger partial charge >= 0.3 is 5.97 Å². The average Bonchev–Trinajstić information content (AvgIpc) is 3.07. The van der Waals surface area contributed by atoms with Gasteiger partial charge in [-0.3, -0.25) is 9.59 Å². The first-order valence-electron chi connectivity index (χ1n) is 8.86. The highest BCUT2D eigenvalue weighted by atomic mass is 35.5. The Morgan fingerprint density at radius 2 is 1.57 bits per heavy atom. The lowest BCUT2D eigenvalue weighted by atomic mass is 10.0. The normalized spacial score (nSPS) is 11.6. The van der Waals surface area contributed by atoms with Crippen molar-refractivity contribution in [2.75, 3.05) is 6.61 Å². The molecule has 1 aliphatic rings. The third-order valence-electron chi connectivity index (χ3n) is 4.87. The van der Waals surface area contributed by atoms with Gasteiger partial charge in [0.15, 0.2) is 12.4 Å². The van der Waals surface area contributed by atoms with Gasteiger partial charge in [0.1, 0.15) is 0 Å². The number of esters is 1. The number of benzene rings is 3. The molecule has 1 aliphatic carbocycles. The molecule has 0 unspecified atom stereocenters.